The first-order valence-electron chi connectivity index (χ1n) is 4.88. The maximum absolute atomic E-state index is 5.27. The largest absolute Gasteiger partial charge is 0.403 e. The molecule has 2 heteroatoms. The summed E-state index contributed by atoms with van der Waals surface area (Å²) >= 11 is 0. The smallest absolute Gasteiger partial charge is 0.0422 e. The molecule has 0 saturated heterocycles. The zero-order valence-electron chi connectivity index (χ0n) is 9.46. The molecule has 76 valence electrons. The first kappa shape index (κ1) is 12.2. The molecule has 13 heavy (non-hydrogen) atoms. The maximum atomic E-state index is 5.27. The fourth-order valence-corrected chi connectivity index (χ4v) is 1.38. The molecule has 0 heterocycles. The van der Waals surface area contributed by atoms with Crippen LogP contribution in [-0.2, 0) is 0 Å². The molecule has 0 aliphatic rings. The van der Waals surface area contributed by atoms with Crippen LogP contribution in [-0.4, -0.2) is 5.71 Å². The molecule has 0 bridgehead atoms. The Morgan fingerprint density at radius 2 is 2.00 bits per heavy atom. The molecule has 0 aliphatic carbocycles. The highest BCUT2D eigenvalue weighted by Crippen LogP contribution is 2.23. The van der Waals surface area contributed by atoms with Crippen molar-refractivity contribution in [2.45, 2.75) is 41.0 Å². The van der Waals surface area contributed by atoms with E-state index in [2.05, 4.69) is 39.6 Å². The average molecular weight is 182 g/mol. The van der Waals surface area contributed by atoms with E-state index in [4.69, 9.17) is 5.73 Å². The van der Waals surface area contributed by atoms with Crippen molar-refractivity contribution in [3.8, 4) is 0 Å². The van der Waals surface area contributed by atoms with Crippen molar-refractivity contribution in [2.24, 2.45) is 22.1 Å². The Kier molecular flexibility index (Phi) is 4.74. The van der Waals surface area contributed by atoms with Gasteiger partial charge in [0, 0.05) is 23.5 Å². The molecule has 0 aromatic rings. The standard InChI is InChI=1S/C11H22N2/c1-6-9(2)10(11(3,4)5)13-8-7-12/h7-9H,6,12H2,1-5H3/b8-7-,13-10+. The maximum Gasteiger partial charge on any atom is 0.0422 e. The lowest BCUT2D eigenvalue weighted by Gasteiger charge is -2.25. The van der Waals surface area contributed by atoms with Gasteiger partial charge in [-0.3, -0.25) is 4.99 Å². The third-order valence-corrected chi connectivity index (χ3v) is 2.15. The lowest BCUT2D eigenvalue weighted by Crippen LogP contribution is -2.26. The van der Waals surface area contributed by atoms with Crippen LogP contribution in [0.2, 0.25) is 0 Å². The van der Waals surface area contributed by atoms with Gasteiger partial charge in [-0.1, -0.05) is 34.6 Å². The van der Waals surface area contributed by atoms with Gasteiger partial charge in [-0.25, -0.2) is 0 Å². The zero-order chi connectivity index (χ0) is 10.5. The van der Waals surface area contributed by atoms with Crippen molar-refractivity contribution in [1.29, 1.82) is 0 Å². The molecule has 0 fully saturated rings. The van der Waals surface area contributed by atoms with E-state index in [1.807, 2.05) is 0 Å². The molecule has 0 saturated carbocycles. The van der Waals surface area contributed by atoms with Gasteiger partial charge in [-0.05, 0) is 12.3 Å². The van der Waals surface area contributed by atoms with Crippen molar-refractivity contribution in [3.05, 3.63) is 12.4 Å². The molecule has 0 amide bonds. The van der Waals surface area contributed by atoms with E-state index in [1.165, 1.54) is 11.9 Å². The molecular weight excluding hydrogens is 160 g/mol. The van der Waals surface area contributed by atoms with Crippen LogP contribution in [0.3, 0.4) is 0 Å². The van der Waals surface area contributed by atoms with Gasteiger partial charge in [0.05, 0.1) is 0 Å². The van der Waals surface area contributed by atoms with Gasteiger partial charge in [0.25, 0.3) is 0 Å². The monoisotopic (exact) mass is 182 g/mol. The summed E-state index contributed by atoms with van der Waals surface area (Å²) < 4.78 is 0. The van der Waals surface area contributed by atoms with E-state index in [9.17, 15) is 0 Å². The van der Waals surface area contributed by atoms with E-state index in [-0.39, 0.29) is 5.41 Å². The van der Waals surface area contributed by atoms with E-state index in [1.54, 1.807) is 6.20 Å². The molecule has 2 N–H and O–H groups in total. The Bertz CT molecular complexity index is 197. The summed E-state index contributed by atoms with van der Waals surface area (Å²) in [7, 11) is 0. The lowest BCUT2D eigenvalue weighted by atomic mass is 9.82. The van der Waals surface area contributed by atoms with Crippen LogP contribution in [0.4, 0.5) is 0 Å². The van der Waals surface area contributed by atoms with E-state index < -0.39 is 0 Å². The second-order valence-electron chi connectivity index (χ2n) is 4.42. The summed E-state index contributed by atoms with van der Waals surface area (Å²) in [4.78, 5) is 4.40. The predicted octanol–water partition coefficient (Wildman–Crippen LogP) is 2.95. The summed E-state index contributed by atoms with van der Waals surface area (Å²) in [5.41, 5.74) is 6.63. The SMILES string of the molecule is CCC(C)/C(=N\C=C/N)C(C)(C)C. The van der Waals surface area contributed by atoms with Crippen LogP contribution in [0.5, 0.6) is 0 Å². The van der Waals surface area contributed by atoms with Gasteiger partial charge in [0.1, 0.15) is 0 Å². The molecule has 1 unspecified atom stereocenters. The van der Waals surface area contributed by atoms with E-state index in [0.29, 0.717) is 5.92 Å². The first-order chi connectivity index (χ1) is 5.93. The lowest BCUT2D eigenvalue weighted by molar-refractivity contribution is 0.539. The van der Waals surface area contributed by atoms with Crippen LogP contribution >= 0.6 is 0 Å². The number of nitrogens with two attached hydrogens (primary N) is 1. The van der Waals surface area contributed by atoms with Crippen molar-refractivity contribution < 1.29 is 0 Å². The van der Waals surface area contributed by atoms with Gasteiger partial charge in [-0.15, -0.1) is 0 Å². The number of hydrogen-bond acceptors (Lipinski definition) is 2. The van der Waals surface area contributed by atoms with Gasteiger partial charge in [0.2, 0.25) is 0 Å². The number of nitrogens with zero attached hydrogens (tertiary/aromatic N) is 1. The quantitative estimate of drug-likeness (QED) is 0.669. The van der Waals surface area contributed by atoms with Crippen LogP contribution < -0.4 is 5.73 Å². The third-order valence-electron chi connectivity index (χ3n) is 2.15. The Morgan fingerprint density at radius 3 is 2.31 bits per heavy atom. The Balaban J connectivity index is 4.76. The van der Waals surface area contributed by atoms with Crippen molar-refractivity contribution in [1.82, 2.24) is 0 Å². The van der Waals surface area contributed by atoms with Gasteiger partial charge < -0.3 is 5.73 Å². The fraction of sp³-hybridized carbons (Fsp3) is 0.727. The summed E-state index contributed by atoms with van der Waals surface area (Å²) in [5, 5.41) is 0. The van der Waals surface area contributed by atoms with Crippen LogP contribution in [0, 0.1) is 11.3 Å². The fourth-order valence-electron chi connectivity index (χ4n) is 1.38. The Hall–Kier alpha value is -0.790. The first-order valence-corrected chi connectivity index (χ1v) is 4.88. The highest BCUT2D eigenvalue weighted by atomic mass is 14.7. The summed E-state index contributed by atoms with van der Waals surface area (Å²) in [5.74, 6) is 0.524. The van der Waals surface area contributed by atoms with E-state index >= 15 is 0 Å². The number of rotatable bonds is 3. The highest BCUT2D eigenvalue weighted by molar-refractivity contribution is 5.91. The second-order valence-corrected chi connectivity index (χ2v) is 4.42. The predicted molar refractivity (Wildman–Crippen MR) is 59.7 cm³/mol. The molecule has 0 aromatic heterocycles. The van der Waals surface area contributed by atoms with E-state index in [0.717, 1.165) is 6.42 Å². The Labute approximate surface area is 81.9 Å². The minimum absolute atomic E-state index is 0.134. The van der Waals surface area contributed by atoms with Gasteiger partial charge in [-0.2, -0.15) is 0 Å². The van der Waals surface area contributed by atoms with Crippen molar-refractivity contribution in [3.63, 3.8) is 0 Å². The minimum atomic E-state index is 0.134. The molecule has 1 atom stereocenters. The molecule has 0 aromatic carbocycles. The molecule has 0 aliphatic heterocycles. The topological polar surface area (TPSA) is 38.4 Å². The Morgan fingerprint density at radius 1 is 1.46 bits per heavy atom. The van der Waals surface area contributed by atoms with Crippen molar-refractivity contribution in [2.75, 3.05) is 0 Å². The molecule has 0 spiro atoms. The number of hydrogen-bond donors (Lipinski definition) is 1. The second kappa shape index (κ2) is 5.05. The average Bonchev–Trinajstić information content (AvgIpc) is 2.02. The highest BCUT2D eigenvalue weighted by Gasteiger charge is 2.22. The third kappa shape index (κ3) is 4.11. The summed E-state index contributed by atoms with van der Waals surface area (Å²) in [6, 6.07) is 0. The van der Waals surface area contributed by atoms with Crippen molar-refractivity contribution >= 4 is 5.71 Å². The van der Waals surface area contributed by atoms with Gasteiger partial charge >= 0.3 is 0 Å². The summed E-state index contributed by atoms with van der Waals surface area (Å²) in [6.45, 7) is 10.9. The van der Waals surface area contributed by atoms with Crippen LogP contribution in [0.25, 0.3) is 0 Å². The van der Waals surface area contributed by atoms with Crippen LogP contribution in [0.15, 0.2) is 17.4 Å². The van der Waals surface area contributed by atoms with Gasteiger partial charge in [0.15, 0.2) is 0 Å². The molecule has 2 nitrogen and oxygen atoms in total. The molecule has 0 radical (unpaired) electrons. The number of aliphatic imine (C=N–C) groups is 1. The molecular formula is C11H22N2. The summed E-state index contributed by atoms with van der Waals surface area (Å²) in [6.07, 6.45) is 4.27. The normalized spacial score (nSPS) is 16.5. The molecule has 0 rings (SSSR count). The zero-order valence-corrected chi connectivity index (χ0v) is 9.46. The minimum Gasteiger partial charge on any atom is -0.403 e. The van der Waals surface area contributed by atoms with Crippen LogP contribution in [0.1, 0.15) is 41.0 Å².